The van der Waals surface area contributed by atoms with Gasteiger partial charge in [0.05, 0.1) is 35.5 Å². The molecule has 1 saturated heterocycles. The highest BCUT2D eigenvalue weighted by Gasteiger charge is 2.33. The van der Waals surface area contributed by atoms with Crippen LogP contribution in [0.15, 0.2) is 41.6 Å². The number of ether oxygens (including phenoxy) is 1. The van der Waals surface area contributed by atoms with E-state index in [1.165, 1.54) is 34.8 Å². The quantitative estimate of drug-likeness (QED) is 0.778. The summed E-state index contributed by atoms with van der Waals surface area (Å²) >= 11 is 0. The van der Waals surface area contributed by atoms with E-state index in [-0.39, 0.29) is 17.5 Å². The van der Waals surface area contributed by atoms with E-state index < -0.39 is 10.0 Å². The Morgan fingerprint density at radius 1 is 1.27 bits per heavy atom. The maximum atomic E-state index is 12.7. The van der Waals surface area contributed by atoms with Gasteiger partial charge < -0.3 is 9.64 Å². The van der Waals surface area contributed by atoms with Gasteiger partial charge in [0.15, 0.2) is 5.82 Å². The second-order valence-electron chi connectivity index (χ2n) is 6.14. The molecule has 136 valence electrons. The van der Waals surface area contributed by atoms with E-state index >= 15 is 0 Å². The standard InChI is InChI=1S/C17H19N5O3S/c1-21(2)16-10-19-11-17(20-16)25-14-7-8-22(12-14)26(23,24)15-5-3-13(9-18)4-6-15/h3-6,10-11,14H,7-8,12H2,1-2H3/t14-/m1/s1. The normalized spacial score (nSPS) is 17.7. The van der Waals surface area contributed by atoms with Crippen molar-refractivity contribution in [2.45, 2.75) is 17.4 Å². The Morgan fingerprint density at radius 3 is 2.65 bits per heavy atom. The van der Waals surface area contributed by atoms with Gasteiger partial charge in [-0.05, 0) is 30.7 Å². The molecule has 0 saturated carbocycles. The SMILES string of the molecule is CN(C)c1cncc(O[C@@H]2CCN(S(=O)(=O)c3ccc(C#N)cc3)C2)n1. The van der Waals surface area contributed by atoms with Gasteiger partial charge in [0.25, 0.3) is 0 Å². The number of nitriles is 1. The van der Waals surface area contributed by atoms with Gasteiger partial charge in [-0.1, -0.05) is 0 Å². The molecule has 1 aliphatic rings. The van der Waals surface area contributed by atoms with Crippen LogP contribution in [0.4, 0.5) is 5.82 Å². The number of sulfonamides is 1. The average Bonchev–Trinajstić information content (AvgIpc) is 3.11. The Morgan fingerprint density at radius 2 is 2.00 bits per heavy atom. The zero-order valence-corrected chi connectivity index (χ0v) is 15.3. The van der Waals surface area contributed by atoms with Crippen molar-refractivity contribution in [3.63, 3.8) is 0 Å². The third kappa shape index (κ3) is 3.76. The zero-order valence-electron chi connectivity index (χ0n) is 14.5. The zero-order chi connectivity index (χ0) is 18.7. The molecule has 26 heavy (non-hydrogen) atoms. The number of hydrogen-bond donors (Lipinski definition) is 0. The number of aromatic nitrogens is 2. The van der Waals surface area contributed by atoms with E-state index in [0.717, 1.165) is 0 Å². The number of rotatable bonds is 5. The van der Waals surface area contributed by atoms with Crippen molar-refractivity contribution in [2.75, 3.05) is 32.1 Å². The van der Waals surface area contributed by atoms with Crippen LogP contribution in [-0.2, 0) is 10.0 Å². The first-order valence-electron chi connectivity index (χ1n) is 8.06. The first-order valence-corrected chi connectivity index (χ1v) is 9.50. The number of hydrogen-bond acceptors (Lipinski definition) is 7. The largest absolute Gasteiger partial charge is 0.472 e. The third-order valence-corrected chi connectivity index (χ3v) is 5.95. The van der Waals surface area contributed by atoms with Gasteiger partial charge in [0, 0.05) is 20.6 Å². The number of anilines is 1. The summed E-state index contributed by atoms with van der Waals surface area (Å²) in [6, 6.07) is 7.88. The van der Waals surface area contributed by atoms with E-state index in [0.29, 0.717) is 30.2 Å². The molecule has 1 aromatic heterocycles. The summed E-state index contributed by atoms with van der Waals surface area (Å²) in [5.74, 6) is 1.04. The third-order valence-electron chi connectivity index (χ3n) is 4.07. The maximum absolute atomic E-state index is 12.7. The van der Waals surface area contributed by atoms with E-state index in [1.807, 2.05) is 25.1 Å². The van der Waals surface area contributed by atoms with Gasteiger partial charge in [-0.3, -0.25) is 4.98 Å². The summed E-state index contributed by atoms with van der Waals surface area (Å²) in [7, 11) is 0.102. The Balaban J connectivity index is 1.69. The molecule has 2 aromatic rings. The smallest absolute Gasteiger partial charge is 0.243 e. The first-order chi connectivity index (χ1) is 12.4. The van der Waals surface area contributed by atoms with Gasteiger partial charge in [0.1, 0.15) is 6.10 Å². The van der Waals surface area contributed by atoms with E-state index in [1.54, 1.807) is 6.20 Å². The fraction of sp³-hybridized carbons (Fsp3) is 0.353. The van der Waals surface area contributed by atoms with Gasteiger partial charge >= 0.3 is 0 Å². The molecule has 8 nitrogen and oxygen atoms in total. The molecule has 0 bridgehead atoms. The summed E-state index contributed by atoms with van der Waals surface area (Å²) in [5.41, 5.74) is 0.422. The van der Waals surface area contributed by atoms with Crippen molar-refractivity contribution in [1.29, 1.82) is 5.26 Å². The van der Waals surface area contributed by atoms with Crippen LogP contribution in [0.25, 0.3) is 0 Å². The lowest BCUT2D eigenvalue weighted by Gasteiger charge is -2.17. The van der Waals surface area contributed by atoms with Gasteiger partial charge in [-0.2, -0.15) is 14.6 Å². The highest BCUT2D eigenvalue weighted by molar-refractivity contribution is 7.89. The molecular weight excluding hydrogens is 354 g/mol. The van der Waals surface area contributed by atoms with Crippen molar-refractivity contribution in [1.82, 2.24) is 14.3 Å². The Bertz CT molecular complexity index is 922. The Kier molecular flexibility index (Phi) is 5.06. The topological polar surface area (TPSA) is 99.4 Å². The molecule has 1 aromatic carbocycles. The van der Waals surface area contributed by atoms with E-state index in [9.17, 15) is 8.42 Å². The molecule has 1 atom stereocenters. The fourth-order valence-electron chi connectivity index (χ4n) is 2.64. The second-order valence-corrected chi connectivity index (χ2v) is 8.08. The Labute approximate surface area is 152 Å². The van der Waals surface area contributed by atoms with Gasteiger partial charge in [0.2, 0.25) is 15.9 Å². The number of nitrogens with zero attached hydrogens (tertiary/aromatic N) is 5. The van der Waals surface area contributed by atoms with Crippen molar-refractivity contribution in [3.05, 3.63) is 42.2 Å². The van der Waals surface area contributed by atoms with E-state index in [4.69, 9.17) is 10.00 Å². The molecule has 2 heterocycles. The Hall–Kier alpha value is -2.70. The summed E-state index contributed by atoms with van der Waals surface area (Å²) in [6.45, 7) is 0.615. The minimum Gasteiger partial charge on any atom is -0.472 e. The molecule has 1 fully saturated rings. The number of benzene rings is 1. The molecule has 0 N–H and O–H groups in total. The molecule has 9 heteroatoms. The van der Waals surface area contributed by atoms with Gasteiger partial charge in [-0.25, -0.2) is 8.42 Å². The van der Waals surface area contributed by atoms with Crippen molar-refractivity contribution in [3.8, 4) is 11.9 Å². The molecule has 1 aliphatic heterocycles. The molecule has 0 unspecified atom stereocenters. The molecule has 0 aliphatic carbocycles. The monoisotopic (exact) mass is 373 g/mol. The molecule has 0 amide bonds. The van der Waals surface area contributed by atoms with Crippen LogP contribution in [0.2, 0.25) is 0 Å². The predicted molar refractivity (Wildman–Crippen MR) is 95.3 cm³/mol. The molecular formula is C17H19N5O3S. The van der Waals surface area contributed by atoms with Crippen LogP contribution in [0, 0.1) is 11.3 Å². The summed E-state index contributed by atoms with van der Waals surface area (Å²) in [5, 5.41) is 8.83. The van der Waals surface area contributed by atoms with Crippen LogP contribution in [0.3, 0.4) is 0 Å². The summed E-state index contributed by atoms with van der Waals surface area (Å²) in [4.78, 5) is 10.4. The maximum Gasteiger partial charge on any atom is 0.243 e. The van der Waals surface area contributed by atoms with Crippen LogP contribution in [0.1, 0.15) is 12.0 Å². The van der Waals surface area contributed by atoms with Gasteiger partial charge in [-0.15, -0.1) is 0 Å². The van der Waals surface area contributed by atoms with Crippen LogP contribution < -0.4 is 9.64 Å². The molecule has 0 spiro atoms. The van der Waals surface area contributed by atoms with Crippen molar-refractivity contribution in [2.24, 2.45) is 0 Å². The molecule has 3 rings (SSSR count). The predicted octanol–water partition coefficient (Wildman–Crippen LogP) is 1.26. The summed E-state index contributed by atoms with van der Waals surface area (Å²) < 4.78 is 32.7. The highest BCUT2D eigenvalue weighted by Crippen LogP contribution is 2.24. The minimum atomic E-state index is -3.61. The van der Waals surface area contributed by atoms with E-state index in [2.05, 4.69) is 9.97 Å². The minimum absolute atomic E-state index is 0.173. The van der Waals surface area contributed by atoms with Crippen molar-refractivity contribution >= 4 is 15.8 Å². The lowest BCUT2D eigenvalue weighted by Crippen LogP contribution is -2.31. The van der Waals surface area contributed by atoms with Crippen LogP contribution in [-0.4, -0.2) is 56.0 Å². The summed E-state index contributed by atoms with van der Waals surface area (Å²) in [6.07, 6.45) is 3.44. The fourth-order valence-corrected chi connectivity index (χ4v) is 4.13. The lowest BCUT2D eigenvalue weighted by atomic mass is 10.2. The first kappa shape index (κ1) is 18.1. The molecule has 0 radical (unpaired) electrons. The second kappa shape index (κ2) is 7.27. The van der Waals surface area contributed by atoms with Crippen LogP contribution in [0.5, 0.6) is 5.88 Å². The lowest BCUT2D eigenvalue weighted by molar-refractivity contribution is 0.206. The average molecular weight is 373 g/mol. The van der Waals surface area contributed by atoms with Crippen LogP contribution >= 0.6 is 0 Å². The van der Waals surface area contributed by atoms with Crippen molar-refractivity contribution < 1.29 is 13.2 Å². The highest BCUT2D eigenvalue weighted by atomic mass is 32.2.